The number of amides is 1. The quantitative estimate of drug-likeness (QED) is 0.675. The highest BCUT2D eigenvalue weighted by atomic mass is 16.6. The van der Waals surface area contributed by atoms with Crippen LogP contribution in [0.15, 0.2) is 35.4 Å². The zero-order valence-electron chi connectivity index (χ0n) is 14.1. The fourth-order valence-electron chi connectivity index (χ4n) is 2.25. The lowest BCUT2D eigenvalue weighted by Gasteiger charge is -2.26. The number of carbonyl (C=O) groups excluding carboxylic acids is 2. The molecule has 126 valence electrons. The highest BCUT2D eigenvalue weighted by molar-refractivity contribution is 6.40. The summed E-state index contributed by atoms with van der Waals surface area (Å²) >= 11 is 0. The van der Waals surface area contributed by atoms with Crippen LogP contribution in [0.3, 0.4) is 0 Å². The average molecular weight is 327 g/mol. The molecular formula is C18H21N3O3. The molecule has 0 unspecified atom stereocenters. The Kier molecular flexibility index (Phi) is 5.24. The zero-order valence-corrected chi connectivity index (χ0v) is 14.1. The summed E-state index contributed by atoms with van der Waals surface area (Å²) < 4.78 is 5.46. The van der Waals surface area contributed by atoms with E-state index >= 15 is 0 Å². The molecule has 0 saturated heterocycles. The van der Waals surface area contributed by atoms with E-state index < -0.39 is 17.6 Å². The van der Waals surface area contributed by atoms with Gasteiger partial charge in [0, 0.05) is 6.42 Å². The van der Waals surface area contributed by atoms with Gasteiger partial charge in [0.05, 0.1) is 12.2 Å². The van der Waals surface area contributed by atoms with E-state index in [1.54, 1.807) is 20.8 Å². The van der Waals surface area contributed by atoms with Gasteiger partial charge in [0.2, 0.25) is 0 Å². The molecule has 0 aliphatic carbocycles. The van der Waals surface area contributed by atoms with Crippen LogP contribution in [0, 0.1) is 12.3 Å². The van der Waals surface area contributed by atoms with E-state index in [2.05, 4.69) is 16.3 Å². The van der Waals surface area contributed by atoms with Crippen molar-refractivity contribution in [1.29, 1.82) is 0 Å². The molecule has 0 spiro atoms. The Morgan fingerprint density at radius 1 is 1.38 bits per heavy atom. The fraction of sp³-hybridized carbons (Fsp3) is 0.389. The second-order valence-electron chi connectivity index (χ2n) is 6.37. The van der Waals surface area contributed by atoms with Crippen molar-refractivity contribution < 1.29 is 14.3 Å². The van der Waals surface area contributed by atoms with Crippen molar-refractivity contribution in [2.75, 3.05) is 11.6 Å². The summed E-state index contributed by atoms with van der Waals surface area (Å²) in [5, 5.41) is 8.41. The number of rotatable bonds is 4. The summed E-state index contributed by atoms with van der Waals surface area (Å²) in [6.07, 6.45) is 5.32. The van der Waals surface area contributed by atoms with Crippen LogP contribution in [-0.2, 0) is 14.3 Å². The van der Waals surface area contributed by atoms with Gasteiger partial charge < -0.3 is 10.1 Å². The maximum absolute atomic E-state index is 12.5. The molecule has 1 aliphatic heterocycles. The largest absolute Gasteiger partial charge is 0.458 e. The van der Waals surface area contributed by atoms with Crippen molar-refractivity contribution in [3.05, 3.63) is 30.3 Å². The molecular weight excluding hydrogens is 306 g/mol. The Morgan fingerprint density at radius 3 is 2.62 bits per heavy atom. The maximum atomic E-state index is 12.5. The Balaban J connectivity index is 2.25. The number of esters is 1. The van der Waals surface area contributed by atoms with E-state index in [1.807, 2.05) is 30.3 Å². The van der Waals surface area contributed by atoms with Crippen LogP contribution in [0.25, 0.3) is 0 Å². The van der Waals surface area contributed by atoms with Crippen molar-refractivity contribution in [3.8, 4) is 12.3 Å². The van der Waals surface area contributed by atoms with Gasteiger partial charge in [0.1, 0.15) is 11.3 Å². The van der Waals surface area contributed by atoms with Crippen LogP contribution in [0.4, 0.5) is 5.69 Å². The number of nitrogens with one attached hydrogen (secondary N) is 1. The minimum atomic E-state index is -0.682. The number of ether oxygens (including phenoxy) is 1. The first kappa shape index (κ1) is 17.5. The summed E-state index contributed by atoms with van der Waals surface area (Å²) in [7, 11) is 0. The molecule has 24 heavy (non-hydrogen) atoms. The lowest BCUT2D eigenvalue weighted by Crippen LogP contribution is -2.40. The second-order valence-corrected chi connectivity index (χ2v) is 6.37. The molecule has 2 rings (SSSR count). The van der Waals surface area contributed by atoms with Gasteiger partial charge in [-0.15, -0.1) is 6.42 Å². The van der Waals surface area contributed by atoms with Gasteiger partial charge in [0.15, 0.2) is 6.04 Å². The number of para-hydroxylation sites is 1. The van der Waals surface area contributed by atoms with E-state index in [9.17, 15) is 9.59 Å². The fourth-order valence-corrected chi connectivity index (χ4v) is 2.25. The molecule has 1 N–H and O–H groups in total. The SMILES string of the molecule is C#CCNC(=O)C1=NN(c2ccccc2)[C@@H](C(=O)OC(C)(C)C)C1. The molecule has 6 nitrogen and oxygen atoms in total. The van der Waals surface area contributed by atoms with Gasteiger partial charge in [-0.1, -0.05) is 24.1 Å². The van der Waals surface area contributed by atoms with Crippen LogP contribution in [-0.4, -0.2) is 35.8 Å². The predicted octanol–water partition coefficient (Wildman–Crippen LogP) is 1.71. The second kappa shape index (κ2) is 7.18. The first-order valence-corrected chi connectivity index (χ1v) is 7.68. The van der Waals surface area contributed by atoms with E-state index in [0.717, 1.165) is 0 Å². The number of hydrogen-bond acceptors (Lipinski definition) is 5. The van der Waals surface area contributed by atoms with Crippen molar-refractivity contribution in [2.45, 2.75) is 38.8 Å². The molecule has 0 fully saturated rings. The number of nitrogens with zero attached hydrogens (tertiary/aromatic N) is 2. The number of hydrazone groups is 1. The first-order valence-electron chi connectivity index (χ1n) is 7.68. The van der Waals surface area contributed by atoms with E-state index in [0.29, 0.717) is 5.69 Å². The Labute approximate surface area is 141 Å². The molecule has 1 aliphatic rings. The van der Waals surface area contributed by atoms with E-state index in [4.69, 9.17) is 11.2 Å². The number of carbonyl (C=O) groups is 2. The van der Waals surface area contributed by atoms with Gasteiger partial charge in [-0.05, 0) is 32.9 Å². The summed E-state index contributed by atoms with van der Waals surface area (Å²) in [5.41, 5.74) is 0.353. The third kappa shape index (κ3) is 4.35. The molecule has 0 bridgehead atoms. The van der Waals surface area contributed by atoms with Gasteiger partial charge in [-0.25, -0.2) is 4.79 Å². The van der Waals surface area contributed by atoms with Gasteiger partial charge >= 0.3 is 5.97 Å². The molecule has 0 saturated carbocycles. The van der Waals surface area contributed by atoms with Crippen LogP contribution in [0.1, 0.15) is 27.2 Å². The third-order valence-electron chi connectivity index (χ3n) is 3.22. The van der Waals surface area contributed by atoms with Crippen molar-refractivity contribution in [1.82, 2.24) is 5.32 Å². The lowest BCUT2D eigenvalue weighted by molar-refractivity contribution is -0.156. The molecule has 0 radical (unpaired) electrons. The Hall–Kier alpha value is -2.81. The normalized spacial score (nSPS) is 17.0. The Morgan fingerprint density at radius 2 is 2.04 bits per heavy atom. The van der Waals surface area contributed by atoms with Crippen LogP contribution < -0.4 is 10.3 Å². The highest BCUT2D eigenvalue weighted by Gasteiger charge is 2.38. The summed E-state index contributed by atoms with van der Waals surface area (Å²) in [6, 6.07) is 8.51. The summed E-state index contributed by atoms with van der Waals surface area (Å²) in [6.45, 7) is 5.51. The standard InChI is InChI=1S/C18H21N3O3/c1-5-11-19-16(22)14-12-15(17(23)24-18(2,3)4)21(20-14)13-9-7-6-8-10-13/h1,6-10,15H,11-12H2,2-4H3,(H,19,22)/t15-/m1/s1. The number of anilines is 1. The molecule has 1 aromatic rings. The summed E-state index contributed by atoms with van der Waals surface area (Å²) in [4.78, 5) is 24.6. The smallest absolute Gasteiger partial charge is 0.331 e. The summed E-state index contributed by atoms with van der Waals surface area (Å²) in [5.74, 6) is 1.54. The van der Waals surface area contributed by atoms with Crippen molar-refractivity contribution in [2.24, 2.45) is 5.10 Å². The number of hydrogen-bond donors (Lipinski definition) is 1. The predicted molar refractivity (Wildman–Crippen MR) is 92.4 cm³/mol. The number of benzene rings is 1. The third-order valence-corrected chi connectivity index (χ3v) is 3.22. The molecule has 1 atom stereocenters. The topological polar surface area (TPSA) is 71.0 Å². The van der Waals surface area contributed by atoms with Crippen molar-refractivity contribution >= 4 is 23.3 Å². The Bertz CT molecular complexity index is 684. The van der Waals surface area contributed by atoms with Gasteiger partial charge in [-0.3, -0.25) is 9.80 Å². The van der Waals surface area contributed by atoms with Crippen molar-refractivity contribution in [3.63, 3.8) is 0 Å². The van der Waals surface area contributed by atoms with Crippen LogP contribution >= 0.6 is 0 Å². The van der Waals surface area contributed by atoms with E-state index in [-0.39, 0.29) is 24.6 Å². The highest BCUT2D eigenvalue weighted by Crippen LogP contribution is 2.26. The molecule has 0 aromatic heterocycles. The monoisotopic (exact) mass is 327 g/mol. The van der Waals surface area contributed by atoms with Crippen LogP contribution in [0.5, 0.6) is 0 Å². The maximum Gasteiger partial charge on any atom is 0.331 e. The van der Waals surface area contributed by atoms with Gasteiger partial charge in [-0.2, -0.15) is 5.10 Å². The molecule has 6 heteroatoms. The average Bonchev–Trinajstić information content (AvgIpc) is 2.97. The lowest BCUT2D eigenvalue weighted by atomic mass is 10.1. The molecule has 1 amide bonds. The zero-order chi connectivity index (χ0) is 17.7. The van der Waals surface area contributed by atoms with Gasteiger partial charge in [0.25, 0.3) is 5.91 Å². The van der Waals surface area contributed by atoms with Crippen LogP contribution in [0.2, 0.25) is 0 Å². The minimum absolute atomic E-state index is 0.111. The molecule has 1 aromatic carbocycles. The first-order chi connectivity index (χ1) is 11.3. The number of terminal acetylenes is 1. The molecule has 1 heterocycles. The van der Waals surface area contributed by atoms with E-state index in [1.165, 1.54) is 5.01 Å². The minimum Gasteiger partial charge on any atom is -0.458 e.